The van der Waals surface area contributed by atoms with Gasteiger partial charge in [-0.05, 0) is 32.9 Å². The van der Waals surface area contributed by atoms with E-state index in [0.29, 0.717) is 6.42 Å². The summed E-state index contributed by atoms with van der Waals surface area (Å²) in [5.74, 6) is 0.241. The van der Waals surface area contributed by atoms with Gasteiger partial charge in [0.15, 0.2) is 5.90 Å². The Hall–Kier alpha value is -1.36. The second kappa shape index (κ2) is 6.00. The molecule has 0 unspecified atom stereocenters. The van der Waals surface area contributed by atoms with E-state index < -0.39 is 10.0 Å². The fourth-order valence-corrected chi connectivity index (χ4v) is 2.36. The van der Waals surface area contributed by atoms with Crippen LogP contribution in [0.1, 0.15) is 32.8 Å². The summed E-state index contributed by atoms with van der Waals surface area (Å²) in [6, 6.07) is 6.60. The van der Waals surface area contributed by atoms with E-state index >= 15 is 0 Å². The Labute approximate surface area is 109 Å². The monoisotopic (exact) mass is 269 g/mol. The molecule has 0 saturated heterocycles. The van der Waals surface area contributed by atoms with Gasteiger partial charge in [0.25, 0.3) is 10.0 Å². The molecule has 0 saturated carbocycles. The molecule has 0 radical (unpaired) electrons. The molecule has 1 rings (SSSR count). The quantitative estimate of drug-likeness (QED) is 0.624. The molecule has 0 aliphatic carbocycles. The molecule has 0 aromatic heterocycles. The van der Waals surface area contributed by atoms with Crippen molar-refractivity contribution in [1.29, 1.82) is 0 Å². The molecule has 0 N–H and O–H groups in total. The van der Waals surface area contributed by atoms with Crippen LogP contribution < -0.4 is 0 Å². The molecule has 0 aliphatic rings. The number of nitrogens with zero attached hydrogens (tertiary/aromatic N) is 1. The van der Waals surface area contributed by atoms with E-state index in [2.05, 4.69) is 4.40 Å². The van der Waals surface area contributed by atoms with E-state index in [9.17, 15) is 8.42 Å². The summed E-state index contributed by atoms with van der Waals surface area (Å²) < 4.78 is 33.1. The van der Waals surface area contributed by atoms with E-state index in [1.807, 2.05) is 27.7 Å². The number of hydrogen-bond donors (Lipinski definition) is 0. The topological polar surface area (TPSA) is 55.7 Å². The maximum Gasteiger partial charge on any atom is 0.285 e. The first-order valence-electron chi connectivity index (χ1n) is 5.92. The minimum absolute atomic E-state index is 0.0862. The number of sulfonamides is 1. The van der Waals surface area contributed by atoms with Crippen molar-refractivity contribution in [3.8, 4) is 0 Å². The Morgan fingerprint density at radius 2 is 1.83 bits per heavy atom. The van der Waals surface area contributed by atoms with Gasteiger partial charge in [-0.25, -0.2) is 0 Å². The third-order valence-corrected chi connectivity index (χ3v) is 3.53. The van der Waals surface area contributed by atoms with Crippen LogP contribution >= 0.6 is 0 Å². The van der Waals surface area contributed by atoms with Crippen molar-refractivity contribution in [2.75, 3.05) is 0 Å². The second-order valence-corrected chi connectivity index (χ2v) is 5.90. The normalized spacial score (nSPS) is 12.8. The van der Waals surface area contributed by atoms with Gasteiger partial charge < -0.3 is 4.74 Å². The average Bonchev–Trinajstić information content (AvgIpc) is 2.27. The van der Waals surface area contributed by atoms with E-state index in [0.717, 1.165) is 5.56 Å². The van der Waals surface area contributed by atoms with Crippen LogP contribution in [0.2, 0.25) is 0 Å². The van der Waals surface area contributed by atoms with Gasteiger partial charge >= 0.3 is 0 Å². The lowest BCUT2D eigenvalue weighted by Crippen LogP contribution is -2.13. The molecule has 1 aromatic carbocycles. The summed E-state index contributed by atoms with van der Waals surface area (Å²) in [7, 11) is -3.67. The molecule has 0 amide bonds. The van der Waals surface area contributed by atoms with E-state index in [1.54, 1.807) is 24.3 Å². The number of hydrogen-bond acceptors (Lipinski definition) is 3. The molecule has 0 atom stereocenters. The van der Waals surface area contributed by atoms with Crippen molar-refractivity contribution < 1.29 is 13.2 Å². The Morgan fingerprint density at radius 1 is 1.28 bits per heavy atom. The highest BCUT2D eigenvalue weighted by atomic mass is 32.2. The summed E-state index contributed by atoms with van der Waals surface area (Å²) in [5.41, 5.74) is 1.01. The molecular formula is C13H19NO3S. The molecule has 0 heterocycles. The standard InChI is InChI=1S/C13H19NO3S/c1-5-13(17-10(2)3)14-18(15,16)12-8-6-11(4)7-9-12/h6-10H,5H2,1-4H3/b14-13+. The summed E-state index contributed by atoms with van der Waals surface area (Å²) in [6.45, 7) is 7.39. The predicted octanol–water partition coefficient (Wildman–Crippen LogP) is 2.92. The first-order valence-corrected chi connectivity index (χ1v) is 7.36. The van der Waals surface area contributed by atoms with Gasteiger partial charge in [-0.2, -0.15) is 8.42 Å². The molecule has 4 nitrogen and oxygen atoms in total. The number of rotatable bonds is 4. The largest absolute Gasteiger partial charge is 0.478 e. The van der Waals surface area contributed by atoms with Crippen LogP contribution in [0.3, 0.4) is 0 Å². The molecule has 5 heteroatoms. The molecule has 0 bridgehead atoms. The van der Waals surface area contributed by atoms with Crippen LogP contribution in [-0.2, 0) is 14.8 Å². The van der Waals surface area contributed by atoms with Crippen molar-refractivity contribution >= 4 is 15.9 Å². The fourth-order valence-electron chi connectivity index (χ4n) is 1.34. The third kappa shape index (κ3) is 4.14. The van der Waals surface area contributed by atoms with Crippen molar-refractivity contribution in [2.24, 2.45) is 4.40 Å². The molecule has 0 spiro atoms. The van der Waals surface area contributed by atoms with E-state index in [1.165, 1.54) is 0 Å². The lowest BCUT2D eigenvalue weighted by molar-refractivity contribution is 0.223. The smallest absolute Gasteiger partial charge is 0.285 e. The lowest BCUT2D eigenvalue weighted by Gasteiger charge is -2.10. The number of aryl methyl sites for hydroxylation is 1. The summed E-state index contributed by atoms with van der Waals surface area (Å²) in [4.78, 5) is 0.186. The van der Waals surface area contributed by atoms with Crippen molar-refractivity contribution in [3.05, 3.63) is 29.8 Å². The maximum absolute atomic E-state index is 12.0. The zero-order valence-electron chi connectivity index (χ0n) is 11.2. The Balaban J connectivity index is 3.06. The van der Waals surface area contributed by atoms with Gasteiger partial charge in [0.2, 0.25) is 0 Å². The van der Waals surface area contributed by atoms with Gasteiger partial charge in [-0.3, -0.25) is 0 Å². The molecule has 1 aromatic rings. The zero-order chi connectivity index (χ0) is 13.8. The van der Waals surface area contributed by atoms with Crippen molar-refractivity contribution in [3.63, 3.8) is 0 Å². The van der Waals surface area contributed by atoms with Crippen LogP contribution in [0.4, 0.5) is 0 Å². The number of ether oxygens (including phenoxy) is 1. The van der Waals surface area contributed by atoms with Crippen molar-refractivity contribution in [1.82, 2.24) is 0 Å². The van der Waals surface area contributed by atoms with Crippen LogP contribution in [0.25, 0.3) is 0 Å². The lowest BCUT2D eigenvalue weighted by atomic mass is 10.2. The fraction of sp³-hybridized carbons (Fsp3) is 0.462. The molecule has 0 fully saturated rings. The maximum atomic E-state index is 12.0. The SMILES string of the molecule is CC/C(=N\S(=O)(=O)c1ccc(C)cc1)OC(C)C. The highest BCUT2D eigenvalue weighted by Crippen LogP contribution is 2.14. The zero-order valence-corrected chi connectivity index (χ0v) is 12.0. The molecular weight excluding hydrogens is 250 g/mol. The predicted molar refractivity (Wildman–Crippen MR) is 72.3 cm³/mol. The van der Waals surface area contributed by atoms with Crippen molar-refractivity contribution in [2.45, 2.75) is 45.1 Å². The minimum Gasteiger partial charge on any atom is -0.478 e. The first kappa shape index (κ1) is 14.7. The summed E-state index contributed by atoms with van der Waals surface area (Å²) in [5, 5.41) is 0. The Bertz CT molecular complexity index is 516. The van der Waals surface area contributed by atoms with Crippen LogP contribution in [0.15, 0.2) is 33.6 Å². The highest BCUT2D eigenvalue weighted by molar-refractivity contribution is 7.90. The van der Waals surface area contributed by atoms with E-state index in [4.69, 9.17) is 4.74 Å². The van der Waals surface area contributed by atoms with Gasteiger partial charge in [0, 0.05) is 6.42 Å². The average molecular weight is 269 g/mol. The third-order valence-electron chi connectivity index (χ3n) is 2.22. The molecule has 18 heavy (non-hydrogen) atoms. The summed E-state index contributed by atoms with van der Waals surface area (Å²) in [6.07, 6.45) is 0.362. The molecule has 0 aliphatic heterocycles. The Kier molecular flexibility index (Phi) is 4.90. The van der Waals surface area contributed by atoms with Gasteiger partial charge in [-0.1, -0.05) is 24.6 Å². The second-order valence-electron chi connectivity index (χ2n) is 4.29. The summed E-state index contributed by atoms with van der Waals surface area (Å²) >= 11 is 0. The first-order chi connectivity index (χ1) is 8.35. The van der Waals surface area contributed by atoms with Crippen LogP contribution in [0.5, 0.6) is 0 Å². The van der Waals surface area contributed by atoms with Gasteiger partial charge in [0.05, 0.1) is 11.0 Å². The Morgan fingerprint density at radius 3 is 2.28 bits per heavy atom. The minimum atomic E-state index is -3.67. The van der Waals surface area contributed by atoms with E-state index in [-0.39, 0.29) is 16.9 Å². The number of benzene rings is 1. The van der Waals surface area contributed by atoms with Crippen LogP contribution in [-0.4, -0.2) is 20.4 Å². The van der Waals surface area contributed by atoms with Gasteiger partial charge in [0.1, 0.15) is 0 Å². The van der Waals surface area contributed by atoms with Crippen LogP contribution in [0, 0.1) is 6.92 Å². The van der Waals surface area contributed by atoms with Gasteiger partial charge in [-0.15, -0.1) is 4.40 Å². The highest BCUT2D eigenvalue weighted by Gasteiger charge is 2.14. The molecule has 100 valence electrons.